The smallest absolute Gasteiger partial charge is 0.256 e. The summed E-state index contributed by atoms with van der Waals surface area (Å²) in [5.41, 5.74) is 3.10. The second kappa shape index (κ2) is 7.18. The predicted molar refractivity (Wildman–Crippen MR) is 108 cm³/mol. The molecule has 6 heteroatoms. The van der Waals surface area contributed by atoms with Crippen LogP contribution in [0.3, 0.4) is 0 Å². The van der Waals surface area contributed by atoms with Gasteiger partial charge in [0.05, 0.1) is 16.6 Å². The van der Waals surface area contributed by atoms with Gasteiger partial charge in [-0.05, 0) is 36.6 Å². The van der Waals surface area contributed by atoms with E-state index in [1.807, 2.05) is 42.6 Å². The summed E-state index contributed by atoms with van der Waals surface area (Å²) in [6.45, 7) is 1.96. The van der Waals surface area contributed by atoms with Crippen molar-refractivity contribution in [3.8, 4) is 0 Å². The zero-order valence-corrected chi connectivity index (χ0v) is 16.2. The van der Waals surface area contributed by atoms with Gasteiger partial charge in [-0.2, -0.15) is 0 Å². The first-order chi connectivity index (χ1) is 13.0. The van der Waals surface area contributed by atoms with E-state index in [1.54, 1.807) is 40.5 Å². The number of anilines is 1. The van der Waals surface area contributed by atoms with Gasteiger partial charge in [-0.25, -0.2) is 0 Å². The van der Waals surface area contributed by atoms with Crippen LogP contribution >= 0.6 is 22.9 Å². The highest BCUT2D eigenvalue weighted by atomic mass is 35.5. The Kier molecular flexibility index (Phi) is 4.72. The molecule has 0 radical (unpaired) electrons. The van der Waals surface area contributed by atoms with Crippen LogP contribution < -0.4 is 5.32 Å². The highest BCUT2D eigenvalue weighted by Crippen LogP contribution is 2.39. The van der Waals surface area contributed by atoms with E-state index < -0.39 is 0 Å². The van der Waals surface area contributed by atoms with Gasteiger partial charge in [-0.15, -0.1) is 11.3 Å². The van der Waals surface area contributed by atoms with Gasteiger partial charge in [0, 0.05) is 16.1 Å². The molecule has 0 bridgehead atoms. The summed E-state index contributed by atoms with van der Waals surface area (Å²) in [4.78, 5) is 28.5. The van der Waals surface area contributed by atoms with Gasteiger partial charge >= 0.3 is 0 Å². The van der Waals surface area contributed by atoms with Crippen LogP contribution in [0.15, 0.2) is 60.0 Å². The Hall–Kier alpha value is -2.63. The van der Waals surface area contributed by atoms with Crippen LogP contribution in [0.25, 0.3) is 0 Å². The maximum absolute atomic E-state index is 13.4. The molecule has 1 aliphatic heterocycles. The topological polar surface area (TPSA) is 49.4 Å². The first-order valence-electron chi connectivity index (χ1n) is 8.54. The zero-order valence-electron chi connectivity index (χ0n) is 14.6. The minimum atomic E-state index is -0.359. The van der Waals surface area contributed by atoms with Crippen LogP contribution in [0.5, 0.6) is 0 Å². The van der Waals surface area contributed by atoms with Crippen molar-refractivity contribution >= 4 is 40.4 Å². The Balaban J connectivity index is 1.89. The van der Waals surface area contributed by atoms with Crippen molar-refractivity contribution in [2.45, 2.75) is 13.0 Å². The van der Waals surface area contributed by atoms with Crippen molar-refractivity contribution in [3.63, 3.8) is 0 Å². The molecule has 2 amide bonds. The highest BCUT2D eigenvalue weighted by Gasteiger charge is 2.35. The number of benzene rings is 2. The van der Waals surface area contributed by atoms with Gasteiger partial charge in [0.1, 0.15) is 6.54 Å². The lowest BCUT2D eigenvalue weighted by molar-refractivity contribution is -0.117. The second-order valence-electron chi connectivity index (χ2n) is 6.47. The van der Waals surface area contributed by atoms with Crippen molar-refractivity contribution in [3.05, 3.63) is 86.6 Å². The van der Waals surface area contributed by atoms with Crippen LogP contribution in [0.2, 0.25) is 5.02 Å². The molecule has 27 heavy (non-hydrogen) atoms. The summed E-state index contributed by atoms with van der Waals surface area (Å²) >= 11 is 7.83. The van der Waals surface area contributed by atoms with E-state index in [9.17, 15) is 9.59 Å². The molecule has 0 spiro atoms. The van der Waals surface area contributed by atoms with Crippen LogP contribution in [0.1, 0.15) is 32.4 Å². The van der Waals surface area contributed by atoms with Crippen molar-refractivity contribution in [1.82, 2.24) is 4.90 Å². The summed E-state index contributed by atoms with van der Waals surface area (Å²) < 4.78 is 0. The van der Waals surface area contributed by atoms with Crippen molar-refractivity contribution in [2.75, 3.05) is 11.9 Å². The predicted octanol–water partition coefficient (Wildman–Crippen LogP) is 4.89. The summed E-state index contributed by atoms with van der Waals surface area (Å²) in [5, 5.41) is 5.28. The Morgan fingerprint density at radius 2 is 2.00 bits per heavy atom. The van der Waals surface area contributed by atoms with Gasteiger partial charge in [0.25, 0.3) is 5.91 Å². The minimum absolute atomic E-state index is 0.0413. The average molecular weight is 397 g/mol. The van der Waals surface area contributed by atoms with Crippen molar-refractivity contribution in [2.24, 2.45) is 0 Å². The number of aryl methyl sites for hydroxylation is 1. The van der Waals surface area contributed by atoms with E-state index in [4.69, 9.17) is 11.6 Å². The lowest BCUT2D eigenvalue weighted by Gasteiger charge is -2.30. The number of fused-ring (bicyclic) bond motifs is 1. The molecular formula is C21H17ClN2O2S. The Morgan fingerprint density at radius 3 is 2.74 bits per heavy atom. The molecule has 0 fully saturated rings. The third-order valence-electron chi connectivity index (χ3n) is 4.58. The molecule has 2 heterocycles. The molecule has 1 unspecified atom stereocenters. The fourth-order valence-corrected chi connectivity index (χ4v) is 4.43. The Morgan fingerprint density at radius 1 is 1.19 bits per heavy atom. The van der Waals surface area contributed by atoms with E-state index in [-0.39, 0.29) is 24.4 Å². The summed E-state index contributed by atoms with van der Waals surface area (Å²) in [7, 11) is 0. The monoisotopic (exact) mass is 396 g/mol. The van der Waals surface area contributed by atoms with Crippen LogP contribution in [-0.4, -0.2) is 23.3 Å². The first kappa shape index (κ1) is 17.8. The first-order valence-corrected chi connectivity index (χ1v) is 9.79. The van der Waals surface area contributed by atoms with Gasteiger partial charge in [0.15, 0.2) is 0 Å². The van der Waals surface area contributed by atoms with E-state index in [0.29, 0.717) is 10.6 Å². The number of rotatable bonds is 2. The third kappa shape index (κ3) is 3.36. The average Bonchev–Trinajstić information content (AvgIpc) is 3.13. The largest absolute Gasteiger partial charge is 0.324 e. The van der Waals surface area contributed by atoms with E-state index in [2.05, 4.69) is 5.32 Å². The van der Waals surface area contributed by atoms with Gasteiger partial charge in [0.2, 0.25) is 5.91 Å². The minimum Gasteiger partial charge on any atom is -0.324 e. The molecule has 1 aliphatic rings. The van der Waals surface area contributed by atoms with Gasteiger partial charge < -0.3 is 10.2 Å². The number of carbonyl (C=O) groups is 2. The molecule has 2 aromatic carbocycles. The van der Waals surface area contributed by atoms with E-state index in [1.165, 1.54) is 0 Å². The quantitative estimate of drug-likeness (QED) is 0.670. The van der Waals surface area contributed by atoms with Crippen molar-refractivity contribution in [1.29, 1.82) is 0 Å². The SMILES string of the molecule is Cc1ccc2c(c1)C(c1cccs1)N(C(=O)c1ccccc1Cl)CC(=O)N2. The Bertz CT molecular complexity index is 1020. The fourth-order valence-electron chi connectivity index (χ4n) is 3.36. The molecule has 1 N–H and O–H groups in total. The molecule has 0 aliphatic carbocycles. The maximum Gasteiger partial charge on any atom is 0.256 e. The van der Waals surface area contributed by atoms with Crippen molar-refractivity contribution < 1.29 is 9.59 Å². The maximum atomic E-state index is 13.4. The summed E-state index contributed by atoms with van der Waals surface area (Å²) in [5.74, 6) is -0.483. The van der Waals surface area contributed by atoms with E-state index >= 15 is 0 Å². The molecular weight excluding hydrogens is 380 g/mol. The molecule has 3 aromatic rings. The molecule has 0 saturated carbocycles. The molecule has 1 aromatic heterocycles. The van der Waals surface area contributed by atoms with Crippen LogP contribution in [0, 0.1) is 6.92 Å². The number of carbonyl (C=O) groups excluding carboxylic acids is 2. The number of nitrogens with one attached hydrogen (secondary N) is 1. The standard InChI is InChI=1S/C21H17ClN2O2S/c1-13-8-9-17-15(11-13)20(18-7-4-10-27-18)24(12-19(25)23-17)21(26)14-5-2-3-6-16(14)22/h2-11,20H,12H2,1H3,(H,23,25). The highest BCUT2D eigenvalue weighted by molar-refractivity contribution is 7.10. The number of hydrogen-bond acceptors (Lipinski definition) is 3. The van der Waals surface area contributed by atoms with Crippen LogP contribution in [-0.2, 0) is 4.79 Å². The third-order valence-corrected chi connectivity index (χ3v) is 5.83. The zero-order chi connectivity index (χ0) is 19.0. The lowest BCUT2D eigenvalue weighted by Crippen LogP contribution is -2.38. The second-order valence-corrected chi connectivity index (χ2v) is 7.86. The molecule has 136 valence electrons. The molecule has 4 nitrogen and oxygen atoms in total. The normalized spacial score (nSPS) is 16.4. The van der Waals surface area contributed by atoms with Gasteiger partial charge in [-0.3, -0.25) is 9.59 Å². The van der Waals surface area contributed by atoms with Gasteiger partial charge in [-0.1, -0.05) is 47.5 Å². The summed E-state index contributed by atoms with van der Waals surface area (Å²) in [6.07, 6.45) is 0. The van der Waals surface area contributed by atoms with E-state index in [0.717, 1.165) is 21.7 Å². The number of amides is 2. The lowest BCUT2D eigenvalue weighted by atomic mass is 9.99. The van der Waals surface area contributed by atoms with Crippen LogP contribution in [0.4, 0.5) is 5.69 Å². The molecule has 0 saturated heterocycles. The fraction of sp³-hybridized carbons (Fsp3) is 0.143. The summed E-state index contributed by atoms with van der Waals surface area (Å²) in [6, 6.07) is 16.4. The Labute approximate surface area is 166 Å². The number of halogens is 1. The number of nitrogens with zero attached hydrogens (tertiary/aromatic N) is 1. The molecule has 1 atom stereocenters. The molecule has 4 rings (SSSR count). The number of hydrogen-bond donors (Lipinski definition) is 1. The number of thiophene rings is 1.